The third-order valence-electron chi connectivity index (χ3n) is 4.13. The topological polar surface area (TPSA) is 29.1 Å². The standard InChI is InChI=1S/C12H21NO/c1-8-11(9(2)13-12(8)14)10-6-4-3-5-7-10/h8-11H,3-7H2,1-2H3,(H,13,14). The Bertz CT molecular complexity index is 220. The van der Waals surface area contributed by atoms with Gasteiger partial charge in [-0.15, -0.1) is 0 Å². The number of carbonyl (C=O) groups is 1. The van der Waals surface area contributed by atoms with E-state index in [0.717, 1.165) is 5.92 Å². The summed E-state index contributed by atoms with van der Waals surface area (Å²) in [5.41, 5.74) is 0. The van der Waals surface area contributed by atoms with Gasteiger partial charge in [-0.1, -0.05) is 39.0 Å². The van der Waals surface area contributed by atoms with Crippen LogP contribution in [0, 0.1) is 17.8 Å². The van der Waals surface area contributed by atoms with E-state index in [1.165, 1.54) is 32.1 Å². The van der Waals surface area contributed by atoms with Crippen LogP contribution in [-0.2, 0) is 4.79 Å². The van der Waals surface area contributed by atoms with Gasteiger partial charge in [-0.2, -0.15) is 0 Å². The zero-order chi connectivity index (χ0) is 10.1. The van der Waals surface area contributed by atoms with E-state index in [1.54, 1.807) is 0 Å². The first-order valence-corrected chi connectivity index (χ1v) is 6.00. The van der Waals surface area contributed by atoms with Gasteiger partial charge >= 0.3 is 0 Å². The van der Waals surface area contributed by atoms with Crippen LogP contribution < -0.4 is 5.32 Å². The lowest BCUT2D eigenvalue weighted by molar-refractivity contribution is -0.122. The minimum atomic E-state index is 0.244. The fraction of sp³-hybridized carbons (Fsp3) is 0.917. The number of hydrogen-bond donors (Lipinski definition) is 1. The zero-order valence-corrected chi connectivity index (χ0v) is 9.25. The first-order valence-electron chi connectivity index (χ1n) is 6.00. The predicted molar refractivity (Wildman–Crippen MR) is 56.8 cm³/mol. The van der Waals surface area contributed by atoms with Crippen LogP contribution in [0.1, 0.15) is 46.0 Å². The van der Waals surface area contributed by atoms with Gasteiger partial charge < -0.3 is 5.32 Å². The molecule has 1 aliphatic carbocycles. The highest BCUT2D eigenvalue weighted by Gasteiger charge is 2.41. The Morgan fingerprint density at radius 2 is 1.79 bits per heavy atom. The van der Waals surface area contributed by atoms with E-state index >= 15 is 0 Å². The van der Waals surface area contributed by atoms with Gasteiger partial charge in [0.05, 0.1) is 0 Å². The van der Waals surface area contributed by atoms with E-state index < -0.39 is 0 Å². The predicted octanol–water partition coefficient (Wildman–Crippen LogP) is 2.34. The van der Waals surface area contributed by atoms with Crippen LogP contribution in [0.25, 0.3) is 0 Å². The van der Waals surface area contributed by atoms with Gasteiger partial charge in [0.1, 0.15) is 0 Å². The molecule has 80 valence electrons. The summed E-state index contributed by atoms with van der Waals surface area (Å²) >= 11 is 0. The molecule has 1 aliphatic heterocycles. The Morgan fingerprint density at radius 1 is 1.14 bits per heavy atom. The monoisotopic (exact) mass is 195 g/mol. The molecule has 0 aromatic heterocycles. The van der Waals surface area contributed by atoms with Crippen molar-refractivity contribution in [2.24, 2.45) is 17.8 Å². The van der Waals surface area contributed by atoms with Crippen LogP contribution in [0.4, 0.5) is 0 Å². The lowest BCUT2D eigenvalue weighted by Crippen LogP contribution is -2.30. The molecule has 2 aliphatic rings. The fourth-order valence-corrected chi connectivity index (χ4v) is 3.40. The lowest BCUT2D eigenvalue weighted by atomic mass is 9.73. The number of carbonyl (C=O) groups excluding carboxylic acids is 1. The lowest BCUT2D eigenvalue weighted by Gasteiger charge is -2.31. The van der Waals surface area contributed by atoms with E-state index in [4.69, 9.17) is 0 Å². The minimum absolute atomic E-state index is 0.244. The van der Waals surface area contributed by atoms with Crippen LogP contribution in [0.2, 0.25) is 0 Å². The van der Waals surface area contributed by atoms with Gasteiger partial charge in [0, 0.05) is 12.0 Å². The van der Waals surface area contributed by atoms with Gasteiger partial charge in [-0.05, 0) is 18.8 Å². The normalized spacial score (nSPS) is 39.9. The molecule has 0 aromatic carbocycles. The molecule has 0 aromatic rings. The van der Waals surface area contributed by atoms with Crippen LogP contribution in [0.3, 0.4) is 0 Å². The van der Waals surface area contributed by atoms with Crippen LogP contribution >= 0.6 is 0 Å². The molecule has 1 heterocycles. The van der Waals surface area contributed by atoms with Gasteiger partial charge in [0.15, 0.2) is 0 Å². The summed E-state index contributed by atoms with van der Waals surface area (Å²) in [6.45, 7) is 4.26. The molecule has 1 amide bonds. The molecule has 3 unspecified atom stereocenters. The van der Waals surface area contributed by atoms with Gasteiger partial charge in [-0.25, -0.2) is 0 Å². The van der Waals surface area contributed by atoms with Crippen molar-refractivity contribution in [3.05, 3.63) is 0 Å². The van der Waals surface area contributed by atoms with Gasteiger partial charge in [-0.3, -0.25) is 4.79 Å². The molecule has 0 radical (unpaired) electrons. The van der Waals surface area contributed by atoms with Crippen molar-refractivity contribution in [3.8, 4) is 0 Å². The average Bonchev–Trinajstić information content (AvgIpc) is 2.43. The van der Waals surface area contributed by atoms with Crippen LogP contribution in [-0.4, -0.2) is 11.9 Å². The Balaban J connectivity index is 2.04. The second kappa shape index (κ2) is 3.92. The maximum absolute atomic E-state index is 11.5. The Morgan fingerprint density at radius 3 is 2.29 bits per heavy atom. The maximum Gasteiger partial charge on any atom is 0.223 e. The largest absolute Gasteiger partial charge is 0.353 e. The summed E-state index contributed by atoms with van der Waals surface area (Å²) in [6.07, 6.45) is 6.82. The quantitative estimate of drug-likeness (QED) is 0.683. The second-order valence-electron chi connectivity index (χ2n) is 5.06. The van der Waals surface area contributed by atoms with E-state index in [0.29, 0.717) is 12.0 Å². The summed E-state index contributed by atoms with van der Waals surface area (Å²) < 4.78 is 0. The van der Waals surface area contributed by atoms with Crippen molar-refractivity contribution in [3.63, 3.8) is 0 Å². The zero-order valence-electron chi connectivity index (χ0n) is 9.25. The SMILES string of the molecule is CC1NC(=O)C(C)C1C1CCCCC1. The molecule has 2 rings (SSSR count). The molecule has 3 atom stereocenters. The molecule has 1 saturated heterocycles. The Kier molecular flexibility index (Phi) is 2.80. The third-order valence-corrected chi connectivity index (χ3v) is 4.13. The second-order valence-corrected chi connectivity index (χ2v) is 5.06. The molecular weight excluding hydrogens is 174 g/mol. The summed E-state index contributed by atoms with van der Waals surface area (Å²) in [6, 6.07) is 0.403. The first-order chi connectivity index (χ1) is 6.70. The van der Waals surface area contributed by atoms with E-state index in [-0.39, 0.29) is 11.8 Å². The summed E-state index contributed by atoms with van der Waals surface area (Å²) in [5.74, 6) is 1.91. The molecule has 2 heteroatoms. The fourth-order valence-electron chi connectivity index (χ4n) is 3.40. The third kappa shape index (κ3) is 1.67. The van der Waals surface area contributed by atoms with Crippen molar-refractivity contribution in [1.82, 2.24) is 5.32 Å². The summed E-state index contributed by atoms with van der Waals surface area (Å²) in [4.78, 5) is 11.5. The number of rotatable bonds is 1. The van der Waals surface area contributed by atoms with Gasteiger partial charge in [0.2, 0.25) is 5.91 Å². The van der Waals surface area contributed by atoms with Crippen LogP contribution in [0.5, 0.6) is 0 Å². The highest BCUT2D eigenvalue weighted by atomic mass is 16.2. The summed E-state index contributed by atoms with van der Waals surface area (Å²) in [7, 11) is 0. The molecule has 14 heavy (non-hydrogen) atoms. The van der Waals surface area contributed by atoms with Crippen molar-refractivity contribution in [2.75, 3.05) is 0 Å². The Hall–Kier alpha value is -0.530. The maximum atomic E-state index is 11.5. The smallest absolute Gasteiger partial charge is 0.223 e. The average molecular weight is 195 g/mol. The highest BCUT2D eigenvalue weighted by molar-refractivity contribution is 5.81. The summed E-state index contributed by atoms with van der Waals surface area (Å²) in [5, 5.41) is 3.07. The number of nitrogens with one attached hydrogen (secondary N) is 1. The number of hydrogen-bond acceptors (Lipinski definition) is 1. The molecule has 0 bridgehead atoms. The van der Waals surface area contributed by atoms with Crippen molar-refractivity contribution >= 4 is 5.91 Å². The number of amides is 1. The molecule has 2 nitrogen and oxygen atoms in total. The van der Waals surface area contributed by atoms with Crippen molar-refractivity contribution in [1.29, 1.82) is 0 Å². The van der Waals surface area contributed by atoms with Crippen molar-refractivity contribution < 1.29 is 4.79 Å². The van der Waals surface area contributed by atoms with Crippen LogP contribution in [0.15, 0.2) is 0 Å². The Labute approximate surface area is 86.5 Å². The molecule has 2 fully saturated rings. The van der Waals surface area contributed by atoms with E-state index in [9.17, 15) is 4.79 Å². The molecule has 1 saturated carbocycles. The van der Waals surface area contributed by atoms with Gasteiger partial charge in [0.25, 0.3) is 0 Å². The molecule has 1 N–H and O–H groups in total. The molecule has 0 spiro atoms. The minimum Gasteiger partial charge on any atom is -0.353 e. The highest BCUT2D eigenvalue weighted by Crippen LogP contribution is 2.38. The molecular formula is C12H21NO. The van der Waals surface area contributed by atoms with Crippen molar-refractivity contribution in [2.45, 2.75) is 52.0 Å². The first kappa shape index (κ1) is 10.0. The van der Waals surface area contributed by atoms with E-state index in [1.807, 2.05) is 0 Å². The van der Waals surface area contributed by atoms with E-state index in [2.05, 4.69) is 19.2 Å².